The Morgan fingerprint density at radius 2 is 1.53 bits per heavy atom. The van der Waals surface area contributed by atoms with Gasteiger partial charge in [0.05, 0.1) is 0 Å². The maximum atomic E-state index is 11.8. The van der Waals surface area contributed by atoms with Crippen molar-refractivity contribution >= 4 is 11.8 Å². The molecule has 0 aliphatic heterocycles. The van der Waals surface area contributed by atoms with Crippen molar-refractivity contribution in [2.24, 2.45) is 5.92 Å². The highest BCUT2D eigenvalue weighted by atomic mass is 19.4. The Balaban J connectivity index is 3.79. The van der Waals surface area contributed by atoms with Gasteiger partial charge in [-0.15, -0.1) is 0 Å². The van der Waals surface area contributed by atoms with Crippen LogP contribution >= 0.6 is 0 Å². The Kier molecular flexibility index (Phi) is 6.60. The first kappa shape index (κ1) is 15.7. The molecule has 2 N–H and O–H groups in total. The van der Waals surface area contributed by atoms with Gasteiger partial charge in [-0.25, -0.2) is 0 Å². The van der Waals surface area contributed by atoms with Crippen LogP contribution in [0.5, 0.6) is 0 Å². The molecule has 0 unspecified atom stereocenters. The number of halogens is 3. The summed E-state index contributed by atoms with van der Waals surface area (Å²) in [6.07, 6.45) is -3.52. The average molecular weight is 254 g/mol. The molecule has 17 heavy (non-hydrogen) atoms. The monoisotopic (exact) mass is 254 g/mol. The van der Waals surface area contributed by atoms with Crippen molar-refractivity contribution in [1.82, 2.24) is 10.6 Å². The van der Waals surface area contributed by atoms with E-state index in [9.17, 15) is 22.8 Å². The van der Waals surface area contributed by atoms with Crippen molar-refractivity contribution < 1.29 is 22.8 Å². The summed E-state index contributed by atoms with van der Waals surface area (Å²) in [6.45, 7) is 3.49. The second-order valence-corrected chi connectivity index (χ2v) is 3.56. The van der Waals surface area contributed by atoms with Crippen molar-refractivity contribution in [3.63, 3.8) is 0 Å². The zero-order chi connectivity index (χ0) is 13.5. The van der Waals surface area contributed by atoms with Crippen LogP contribution in [0.2, 0.25) is 0 Å². The maximum absolute atomic E-state index is 11.8. The SMILES string of the molecule is CCC(CC)C(=O)NCCNC(=O)C(F)(F)F. The fourth-order valence-electron chi connectivity index (χ4n) is 1.27. The molecule has 0 aromatic heterocycles. The van der Waals surface area contributed by atoms with Crippen LogP contribution in [-0.2, 0) is 9.59 Å². The smallest absolute Gasteiger partial charge is 0.354 e. The predicted molar refractivity (Wildman–Crippen MR) is 56.1 cm³/mol. The molecule has 0 aromatic rings. The first-order valence-electron chi connectivity index (χ1n) is 5.45. The number of alkyl halides is 3. The summed E-state index contributed by atoms with van der Waals surface area (Å²) < 4.78 is 35.3. The zero-order valence-electron chi connectivity index (χ0n) is 9.86. The maximum Gasteiger partial charge on any atom is 0.471 e. The van der Waals surface area contributed by atoms with Gasteiger partial charge < -0.3 is 10.6 Å². The first-order chi connectivity index (χ1) is 7.82. The number of carbonyl (C=O) groups is 2. The van der Waals surface area contributed by atoms with E-state index in [2.05, 4.69) is 5.32 Å². The summed E-state index contributed by atoms with van der Waals surface area (Å²) in [5.74, 6) is -2.32. The second kappa shape index (κ2) is 7.13. The zero-order valence-corrected chi connectivity index (χ0v) is 9.86. The third-order valence-electron chi connectivity index (χ3n) is 2.32. The van der Waals surface area contributed by atoms with Gasteiger partial charge >= 0.3 is 12.1 Å². The highest BCUT2D eigenvalue weighted by molar-refractivity contribution is 5.81. The number of hydrogen-bond donors (Lipinski definition) is 2. The third kappa shape index (κ3) is 6.13. The lowest BCUT2D eigenvalue weighted by Gasteiger charge is -2.13. The van der Waals surface area contributed by atoms with E-state index >= 15 is 0 Å². The van der Waals surface area contributed by atoms with Gasteiger partial charge in [-0.1, -0.05) is 13.8 Å². The fourth-order valence-corrected chi connectivity index (χ4v) is 1.27. The Bertz CT molecular complexity index is 263. The molecule has 2 amide bonds. The van der Waals surface area contributed by atoms with E-state index in [0.29, 0.717) is 12.8 Å². The van der Waals surface area contributed by atoms with Crippen molar-refractivity contribution in [3.8, 4) is 0 Å². The summed E-state index contributed by atoms with van der Waals surface area (Å²) in [7, 11) is 0. The molecule has 0 aliphatic carbocycles. The van der Waals surface area contributed by atoms with Gasteiger partial charge in [-0.05, 0) is 12.8 Å². The molecule has 0 aromatic carbocycles. The summed E-state index contributed by atoms with van der Waals surface area (Å²) >= 11 is 0. The van der Waals surface area contributed by atoms with E-state index in [1.165, 1.54) is 0 Å². The lowest BCUT2D eigenvalue weighted by molar-refractivity contribution is -0.173. The molecule has 0 atom stereocenters. The normalized spacial score (nSPS) is 11.4. The lowest BCUT2D eigenvalue weighted by atomic mass is 10.0. The van der Waals surface area contributed by atoms with Crippen LogP contribution in [-0.4, -0.2) is 31.1 Å². The van der Waals surface area contributed by atoms with E-state index in [-0.39, 0.29) is 24.9 Å². The van der Waals surface area contributed by atoms with Crippen LogP contribution in [0.1, 0.15) is 26.7 Å². The van der Waals surface area contributed by atoms with Crippen molar-refractivity contribution in [2.75, 3.05) is 13.1 Å². The van der Waals surface area contributed by atoms with E-state index in [4.69, 9.17) is 0 Å². The highest BCUT2D eigenvalue weighted by Crippen LogP contribution is 2.13. The number of hydrogen-bond acceptors (Lipinski definition) is 2. The molecule has 0 radical (unpaired) electrons. The van der Waals surface area contributed by atoms with Crippen LogP contribution in [0.25, 0.3) is 0 Å². The molecular weight excluding hydrogens is 237 g/mol. The van der Waals surface area contributed by atoms with Crippen LogP contribution in [0.4, 0.5) is 13.2 Å². The largest absolute Gasteiger partial charge is 0.471 e. The molecule has 100 valence electrons. The minimum Gasteiger partial charge on any atom is -0.354 e. The highest BCUT2D eigenvalue weighted by Gasteiger charge is 2.38. The molecule has 0 bridgehead atoms. The molecule has 0 saturated heterocycles. The average Bonchev–Trinajstić information content (AvgIpc) is 2.24. The van der Waals surface area contributed by atoms with Gasteiger partial charge in [0.25, 0.3) is 0 Å². The molecule has 0 fully saturated rings. The second-order valence-electron chi connectivity index (χ2n) is 3.56. The minimum atomic E-state index is -4.88. The molecule has 0 rings (SSSR count). The Morgan fingerprint density at radius 3 is 1.94 bits per heavy atom. The molecule has 0 heterocycles. The summed E-state index contributed by atoms with van der Waals surface area (Å²) in [4.78, 5) is 21.8. The van der Waals surface area contributed by atoms with Gasteiger partial charge in [-0.3, -0.25) is 9.59 Å². The van der Waals surface area contributed by atoms with Crippen LogP contribution in [0.3, 0.4) is 0 Å². The quantitative estimate of drug-likeness (QED) is 0.700. The van der Waals surface area contributed by atoms with Gasteiger partial charge in [0.2, 0.25) is 5.91 Å². The van der Waals surface area contributed by atoms with E-state index in [0.717, 1.165) is 0 Å². The molecular formula is C10H17F3N2O2. The summed E-state index contributed by atoms with van der Waals surface area (Å²) in [5, 5.41) is 4.14. The molecule has 0 spiro atoms. The number of amides is 2. The number of nitrogens with one attached hydrogen (secondary N) is 2. The van der Waals surface area contributed by atoms with Gasteiger partial charge in [0.1, 0.15) is 0 Å². The van der Waals surface area contributed by atoms with E-state index < -0.39 is 12.1 Å². The molecule has 0 saturated carbocycles. The summed E-state index contributed by atoms with van der Waals surface area (Å²) in [6, 6.07) is 0. The topological polar surface area (TPSA) is 58.2 Å². The van der Waals surface area contributed by atoms with Crippen LogP contribution in [0, 0.1) is 5.92 Å². The van der Waals surface area contributed by atoms with Crippen molar-refractivity contribution in [3.05, 3.63) is 0 Å². The Morgan fingerprint density at radius 1 is 1.06 bits per heavy atom. The van der Waals surface area contributed by atoms with Crippen LogP contribution < -0.4 is 10.6 Å². The predicted octanol–water partition coefficient (Wildman–Crippen LogP) is 1.22. The minimum absolute atomic E-state index is 0.00282. The van der Waals surface area contributed by atoms with E-state index in [1.54, 1.807) is 5.32 Å². The van der Waals surface area contributed by atoms with E-state index in [1.807, 2.05) is 13.8 Å². The fraction of sp³-hybridized carbons (Fsp3) is 0.800. The summed E-state index contributed by atoms with van der Waals surface area (Å²) in [5.41, 5.74) is 0. The molecule has 0 aliphatic rings. The van der Waals surface area contributed by atoms with Gasteiger partial charge in [-0.2, -0.15) is 13.2 Å². The number of carbonyl (C=O) groups excluding carboxylic acids is 2. The first-order valence-corrected chi connectivity index (χ1v) is 5.45. The van der Waals surface area contributed by atoms with Gasteiger partial charge in [0.15, 0.2) is 0 Å². The van der Waals surface area contributed by atoms with Crippen LogP contribution in [0.15, 0.2) is 0 Å². The van der Waals surface area contributed by atoms with Crippen molar-refractivity contribution in [1.29, 1.82) is 0 Å². The van der Waals surface area contributed by atoms with Crippen molar-refractivity contribution in [2.45, 2.75) is 32.9 Å². The number of rotatable bonds is 6. The molecule has 4 nitrogen and oxygen atoms in total. The van der Waals surface area contributed by atoms with Gasteiger partial charge in [0, 0.05) is 19.0 Å². The standard InChI is InChI=1S/C10H17F3N2O2/c1-3-7(4-2)8(16)14-5-6-15-9(17)10(11,12)13/h7H,3-6H2,1-2H3,(H,14,16)(H,15,17). The third-order valence-corrected chi connectivity index (χ3v) is 2.32. The Hall–Kier alpha value is -1.27. The lowest BCUT2D eigenvalue weighted by Crippen LogP contribution is -2.42. The Labute approximate surface area is 97.9 Å². The molecule has 7 heteroatoms.